The Kier molecular flexibility index (Phi) is 2.81. The number of carbonyl (C=O) groups is 1. The summed E-state index contributed by atoms with van der Waals surface area (Å²) in [6, 6.07) is 3.87. The van der Waals surface area contributed by atoms with Gasteiger partial charge in [0.05, 0.1) is 0 Å². The van der Waals surface area contributed by atoms with E-state index in [0.29, 0.717) is 6.42 Å². The SMILES string of the molecule is O=C1CCSc2c(Br)cc(Br)cc21. The Labute approximate surface area is 97.5 Å². The number of carbonyl (C=O) groups excluding carboxylic acids is 1. The van der Waals surface area contributed by atoms with E-state index in [1.807, 2.05) is 12.1 Å². The molecule has 13 heavy (non-hydrogen) atoms. The Hall–Kier alpha value is 0.200. The molecular weight excluding hydrogens is 316 g/mol. The fourth-order valence-corrected chi connectivity index (χ4v) is 3.88. The van der Waals surface area contributed by atoms with Gasteiger partial charge < -0.3 is 0 Å². The molecule has 1 aromatic rings. The zero-order valence-electron chi connectivity index (χ0n) is 6.64. The molecule has 1 nitrogen and oxygen atoms in total. The molecule has 0 atom stereocenters. The normalized spacial score (nSPS) is 15.7. The van der Waals surface area contributed by atoms with Gasteiger partial charge in [0.1, 0.15) is 0 Å². The van der Waals surface area contributed by atoms with E-state index in [4.69, 9.17) is 0 Å². The monoisotopic (exact) mass is 320 g/mol. The van der Waals surface area contributed by atoms with Crippen molar-refractivity contribution in [1.82, 2.24) is 0 Å². The molecule has 1 aliphatic rings. The molecule has 0 N–H and O–H groups in total. The minimum Gasteiger partial charge on any atom is -0.294 e. The predicted molar refractivity (Wildman–Crippen MR) is 61.5 cm³/mol. The number of Topliss-reactive ketones (excluding diaryl/α,β-unsaturated/α-hetero) is 1. The summed E-state index contributed by atoms with van der Waals surface area (Å²) in [5.41, 5.74) is 0.845. The lowest BCUT2D eigenvalue weighted by atomic mass is 10.1. The van der Waals surface area contributed by atoms with Gasteiger partial charge in [-0.2, -0.15) is 0 Å². The lowest BCUT2D eigenvalue weighted by Crippen LogP contribution is -2.08. The quantitative estimate of drug-likeness (QED) is 0.721. The van der Waals surface area contributed by atoms with Crippen molar-refractivity contribution >= 4 is 49.4 Å². The molecule has 0 unspecified atom stereocenters. The predicted octanol–water partition coefficient (Wildman–Crippen LogP) is 3.89. The van der Waals surface area contributed by atoms with Crippen LogP contribution in [-0.2, 0) is 0 Å². The largest absolute Gasteiger partial charge is 0.294 e. The number of hydrogen-bond donors (Lipinski definition) is 0. The van der Waals surface area contributed by atoms with Gasteiger partial charge in [-0.15, -0.1) is 11.8 Å². The first-order valence-electron chi connectivity index (χ1n) is 3.83. The number of fused-ring (bicyclic) bond motifs is 1. The van der Waals surface area contributed by atoms with Gasteiger partial charge in [0, 0.05) is 31.6 Å². The van der Waals surface area contributed by atoms with Crippen LogP contribution in [0.1, 0.15) is 16.8 Å². The Morgan fingerprint density at radius 1 is 1.31 bits per heavy atom. The van der Waals surface area contributed by atoms with Gasteiger partial charge >= 0.3 is 0 Å². The summed E-state index contributed by atoms with van der Waals surface area (Å²) < 4.78 is 1.96. The first kappa shape index (κ1) is 9.74. The van der Waals surface area contributed by atoms with E-state index in [1.165, 1.54) is 0 Å². The van der Waals surface area contributed by atoms with Crippen LogP contribution < -0.4 is 0 Å². The maximum atomic E-state index is 11.5. The number of rotatable bonds is 0. The van der Waals surface area contributed by atoms with Crippen LogP contribution in [-0.4, -0.2) is 11.5 Å². The van der Waals surface area contributed by atoms with E-state index in [1.54, 1.807) is 11.8 Å². The zero-order chi connectivity index (χ0) is 9.42. The maximum Gasteiger partial charge on any atom is 0.164 e. The number of thioether (sulfide) groups is 1. The molecule has 0 radical (unpaired) electrons. The highest BCUT2D eigenvalue weighted by Gasteiger charge is 2.20. The highest BCUT2D eigenvalue weighted by molar-refractivity contribution is 9.11. The number of benzene rings is 1. The van der Waals surface area contributed by atoms with E-state index in [2.05, 4.69) is 31.9 Å². The van der Waals surface area contributed by atoms with Crippen molar-refractivity contribution in [3.05, 3.63) is 26.6 Å². The van der Waals surface area contributed by atoms with Crippen molar-refractivity contribution in [3.63, 3.8) is 0 Å². The second kappa shape index (κ2) is 3.75. The smallest absolute Gasteiger partial charge is 0.164 e. The van der Waals surface area contributed by atoms with Crippen molar-refractivity contribution in [3.8, 4) is 0 Å². The molecule has 1 aromatic carbocycles. The molecule has 1 aliphatic heterocycles. The Morgan fingerprint density at radius 3 is 2.85 bits per heavy atom. The number of ketones is 1. The summed E-state index contributed by atoms with van der Waals surface area (Å²) in [6.45, 7) is 0. The maximum absolute atomic E-state index is 11.5. The average Bonchev–Trinajstić information content (AvgIpc) is 2.07. The van der Waals surface area contributed by atoms with Crippen LogP contribution in [0.25, 0.3) is 0 Å². The van der Waals surface area contributed by atoms with Crippen molar-refractivity contribution in [2.24, 2.45) is 0 Å². The lowest BCUT2D eigenvalue weighted by Gasteiger charge is -2.15. The first-order chi connectivity index (χ1) is 6.18. The van der Waals surface area contributed by atoms with E-state index >= 15 is 0 Å². The highest BCUT2D eigenvalue weighted by Crippen LogP contribution is 2.37. The van der Waals surface area contributed by atoms with Gasteiger partial charge in [-0.05, 0) is 28.1 Å². The molecular formula is C9H6Br2OS. The van der Waals surface area contributed by atoms with E-state index in [9.17, 15) is 4.79 Å². The van der Waals surface area contributed by atoms with Gasteiger partial charge in [-0.1, -0.05) is 15.9 Å². The molecule has 2 rings (SSSR count). The second-order valence-corrected chi connectivity index (χ2v) is 5.66. The van der Waals surface area contributed by atoms with Crippen molar-refractivity contribution in [2.75, 3.05) is 5.75 Å². The van der Waals surface area contributed by atoms with Gasteiger partial charge in [0.2, 0.25) is 0 Å². The van der Waals surface area contributed by atoms with E-state index in [-0.39, 0.29) is 5.78 Å². The van der Waals surface area contributed by atoms with Crippen LogP contribution in [0, 0.1) is 0 Å². The molecule has 0 saturated heterocycles. The zero-order valence-corrected chi connectivity index (χ0v) is 10.6. The third-order valence-corrected chi connectivity index (χ3v) is 4.37. The third kappa shape index (κ3) is 1.85. The summed E-state index contributed by atoms with van der Waals surface area (Å²) >= 11 is 8.57. The topological polar surface area (TPSA) is 17.1 Å². The molecule has 0 saturated carbocycles. The first-order valence-corrected chi connectivity index (χ1v) is 6.40. The standard InChI is InChI=1S/C9H6Br2OS/c10-5-3-6-8(12)1-2-13-9(6)7(11)4-5/h3-4H,1-2H2. The molecule has 0 amide bonds. The van der Waals surface area contributed by atoms with Crippen molar-refractivity contribution < 1.29 is 4.79 Å². The fourth-order valence-electron chi connectivity index (χ4n) is 1.29. The average molecular weight is 322 g/mol. The summed E-state index contributed by atoms with van der Waals surface area (Å²) in [7, 11) is 0. The summed E-state index contributed by atoms with van der Waals surface area (Å²) in [6.07, 6.45) is 0.653. The lowest BCUT2D eigenvalue weighted by molar-refractivity contribution is 0.0984. The highest BCUT2D eigenvalue weighted by atomic mass is 79.9. The minimum absolute atomic E-state index is 0.246. The van der Waals surface area contributed by atoms with Crippen LogP contribution >= 0.6 is 43.6 Å². The van der Waals surface area contributed by atoms with Gasteiger partial charge in [0.15, 0.2) is 5.78 Å². The molecule has 0 fully saturated rings. The molecule has 0 aliphatic carbocycles. The van der Waals surface area contributed by atoms with Crippen LogP contribution in [0.2, 0.25) is 0 Å². The van der Waals surface area contributed by atoms with Crippen LogP contribution in [0.4, 0.5) is 0 Å². The summed E-state index contributed by atoms with van der Waals surface area (Å²) in [5.74, 6) is 1.14. The third-order valence-electron chi connectivity index (χ3n) is 1.88. The minimum atomic E-state index is 0.246. The van der Waals surface area contributed by atoms with Crippen LogP contribution in [0.15, 0.2) is 26.0 Å². The van der Waals surface area contributed by atoms with Crippen LogP contribution in [0.5, 0.6) is 0 Å². The second-order valence-electron chi connectivity index (χ2n) is 2.79. The Morgan fingerprint density at radius 2 is 2.08 bits per heavy atom. The van der Waals surface area contributed by atoms with Crippen LogP contribution in [0.3, 0.4) is 0 Å². The summed E-state index contributed by atoms with van der Waals surface area (Å²) in [4.78, 5) is 12.6. The molecule has 1 heterocycles. The number of halogens is 2. The molecule has 68 valence electrons. The van der Waals surface area contributed by atoms with Gasteiger partial charge in [-0.3, -0.25) is 4.79 Å². The van der Waals surface area contributed by atoms with E-state index in [0.717, 1.165) is 25.2 Å². The number of hydrogen-bond acceptors (Lipinski definition) is 2. The molecule has 4 heteroatoms. The van der Waals surface area contributed by atoms with E-state index < -0.39 is 0 Å². The Balaban J connectivity index is 2.63. The van der Waals surface area contributed by atoms with Gasteiger partial charge in [-0.25, -0.2) is 0 Å². The van der Waals surface area contributed by atoms with Gasteiger partial charge in [0.25, 0.3) is 0 Å². The summed E-state index contributed by atoms with van der Waals surface area (Å²) in [5, 5.41) is 0. The Bertz CT molecular complexity index is 376. The fraction of sp³-hybridized carbons (Fsp3) is 0.222. The molecule has 0 aromatic heterocycles. The van der Waals surface area contributed by atoms with Crippen molar-refractivity contribution in [1.29, 1.82) is 0 Å². The molecule has 0 bridgehead atoms. The van der Waals surface area contributed by atoms with Crippen molar-refractivity contribution in [2.45, 2.75) is 11.3 Å². The molecule has 0 spiro atoms.